The minimum atomic E-state index is -3.32. The van der Waals surface area contributed by atoms with Crippen LogP contribution in [0.15, 0.2) is 60.7 Å². The van der Waals surface area contributed by atoms with Crippen LogP contribution in [0.2, 0.25) is 0 Å². The number of carbonyl (C=O) groups excluding carboxylic acids is 2. The van der Waals surface area contributed by atoms with Gasteiger partial charge in [0, 0.05) is 32.4 Å². The minimum absolute atomic E-state index is 0.0104. The van der Waals surface area contributed by atoms with Gasteiger partial charge in [0.25, 0.3) is 0 Å². The van der Waals surface area contributed by atoms with Crippen molar-refractivity contribution in [3.05, 3.63) is 87.6 Å². The number of Topliss-reactive ketones (excluding diaryl/α,β-unsaturated/α-hetero) is 1. The van der Waals surface area contributed by atoms with E-state index < -0.39 is 11.9 Å². The third-order valence-electron chi connectivity index (χ3n) is 6.52. The van der Waals surface area contributed by atoms with Gasteiger partial charge < -0.3 is 15.0 Å². The molecule has 1 aliphatic rings. The number of hydrogen-bond acceptors (Lipinski definition) is 9. The summed E-state index contributed by atoms with van der Waals surface area (Å²) in [6.07, 6.45) is -2.43. The maximum Gasteiger partial charge on any atom is 0.394 e. The Morgan fingerprint density at radius 1 is 1.02 bits per heavy atom. The number of anilines is 2. The second-order valence-corrected chi connectivity index (χ2v) is 11.1. The van der Waals surface area contributed by atoms with Crippen molar-refractivity contribution in [2.75, 3.05) is 23.3 Å². The molecule has 0 aliphatic carbocycles. The van der Waals surface area contributed by atoms with Crippen LogP contribution in [0.5, 0.6) is 5.75 Å². The van der Waals surface area contributed by atoms with E-state index in [4.69, 9.17) is 0 Å². The predicted molar refractivity (Wildman–Crippen MR) is 150 cm³/mol. The second kappa shape index (κ2) is 12.6. The number of amides is 1. The molecule has 0 bridgehead atoms. The molecule has 0 radical (unpaired) electrons. The largest absolute Gasteiger partial charge is 0.433 e. The second-order valence-electron chi connectivity index (χ2n) is 10.0. The summed E-state index contributed by atoms with van der Waals surface area (Å²) in [4.78, 5) is 27.0. The van der Waals surface area contributed by atoms with Crippen molar-refractivity contribution >= 4 is 34.7 Å². The first kappa shape index (κ1) is 29.1. The van der Waals surface area contributed by atoms with E-state index >= 15 is 0 Å². The summed E-state index contributed by atoms with van der Waals surface area (Å²) in [5, 5.41) is 20.9. The van der Waals surface area contributed by atoms with Gasteiger partial charge in [0.2, 0.25) is 5.91 Å². The van der Waals surface area contributed by atoms with Crippen LogP contribution in [0.1, 0.15) is 40.4 Å². The van der Waals surface area contributed by atoms with Gasteiger partial charge in [-0.2, -0.15) is 8.78 Å². The normalized spacial score (nSPS) is 15.0. The van der Waals surface area contributed by atoms with E-state index in [-0.39, 0.29) is 48.4 Å². The number of ketones is 1. The van der Waals surface area contributed by atoms with Crippen molar-refractivity contribution in [2.45, 2.75) is 44.6 Å². The van der Waals surface area contributed by atoms with Crippen LogP contribution in [0.25, 0.3) is 0 Å². The number of hydrogen-bond donors (Lipinski definition) is 1. The van der Waals surface area contributed by atoms with Gasteiger partial charge in [-0.1, -0.05) is 30.3 Å². The molecule has 5 rings (SSSR count). The summed E-state index contributed by atoms with van der Waals surface area (Å²) in [6, 6.07) is 15.6. The third kappa shape index (κ3) is 7.87. The highest BCUT2D eigenvalue weighted by molar-refractivity contribution is 7.11. The number of alkyl halides is 2. The summed E-state index contributed by atoms with van der Waals surface area (Å²) in [5.41, 5.74) is 0.878. The van der Waals surface area contributed by atoms with Crippen LogP contribution in [0.4, 0.5) is 24.8 Å². The summed E-state index contributed by atoms with van der Waals surface area (Å²) in [6.45, 7) is 2.02. The molecule has 13 heteroatoms. The molecule has 2 aromatic heterocycles. The Hall–Kier alpha value is -4.39. The summed E-state index contributed by atoms with van der Waals surface area (Å²) < 4.78 is 44.6. The van der Waals surface area contributed by atoms with Crippen LogP contribution in [-0.4, -0.2) is 51.3 Å². The lowest BCUT2D eigenvalue weighted by Gasteiger charge is -2.16. The Labute approximate surface area is 243 Å². The Kier molecular flexibility index (Phi) is 8.76. The fourth-order valence-electron chi connectivity index (χ4n) is 4.62. The highest BCUT2D eigenvalue weighted by Crippen LogP contribution is 2.32. The van der Waals surface area contributed by atoms with Gasteiger partial charge in [-0.15, -0.1) is 31.7 Å². The monoisotopic (exact) mass is 596 g/mol. The molecule has 3 heterocycles. The highest BCUT2D eigenvalue weighted by atomic mass is 32.1. The van der Waals surface area contributed by atoms with Gasteiger partial charge in [-0.05, 0) is 47.9 Å². The van der Waals surface area contributed by atoms with Gasteiger partial charge in [0.15, 0.2) is 11.6 Å². The molecule has 0 saturated carbocycles. The summed E-state index contributed by atoms with van der Waals surface area (Å²) in [5.74, 6) is 0.102. The highest BCUT2D eigenvalue weighted by Gasteiger charge is 2.28. The fourth-order valence-corrected chi connectivity index (χ4v) is 5.61. The van der Waals surface area contributed by atoms with Gasteiger partial charge in [0.1, 0.15) is 27.4 Å². The van der Waals surface area contributed by atoms with E-state index in [9.17, 15) is 22.8 Å². The molecule has 1 unspecified atom stereocenters. The van der Waals surface area contributed by atoms with Crippen molar-refractivity contribution < 1.29 is 27.5 Å². The number of nitrogens with zero attached hydrogens (tertiary/aromatic N) is 5. The number of halogens is 3. The lowest BCUT2D eigenvalue weighted by Crippen LogP contribution is -2.21. The lowest BCUT2D eigenvalue weighted by atomic mass is 10.1. The van der Waals surface area contributed by atoms with E-state index in [0.29, 0.717) is 35.4 Å². The fraction of sp³-hybridized carbons (Fsp3) is 0.310. The predicted octanol–water partition coefficient (Wildman–Crippen LogP) is 4.99. The maximum atomic E-state index is 13.9. The number of carbonyl (C=O) groups is 2. The van der Waals surface area contributed by atoms with Crippen LogP contribution < -0.4 is 15.0 Å². The molecule has 1 N–H and O–H groups in total. The molecule has 4 aromatic rings. The molecule has 1 aliphatic heterocycles. The maximum absolute atomic E-state index is 13.9. The number of benzene rings is 2. The number of rotatable bonds is 11. The molecule has 1 saturated heterocycles. The van der Waals surface area contributed by atoms with Crippen LogP contribution in [0, 0.1) is 5.82 Å². The Balaban J connectivity index is 1.11. The minimum Gasteiger partial charge on any atom is -0.433 e. The number of aromatic nitrogens is 4. The third-order valence-corrected chi connectivity index (χ3v) is 7.60. The molecule has 1 amide bonds. The van der Waals surface area contributed by atoms with E-state index in [1.165, 1.54) is 35.6 Å². The Morgan fingerprint density at radius 2 is 1.86 bits per heavy atom. The van der Waals surface area contributed by atoms with E-state index in [1.54, 1.807) is 36.4 Å². The molecule has 0 spiro atoms. The molecule has 2 aromatic carbocycles. The number of ether oxygens (including phenoxy) is 1. The van der Waals surface area contributed by atoms with Crippen LogP contribution >= 0.6 is 11.3 Å². The van der Waals surface area contributed by atoms with Crippen molar-refractivity contribution in [3.63, 3.8) is 0 Å². The van der Waals surface area contributed by atoms with Gasteiger partial charge in [-0.3, -0.25) is 9.59 Å². The van der Waals surface area contributed by atoms with Crippen molar-refractivity contribution in [1.82, 2.24) is 20.4 Å². The zero-order valence-corrected chi connectivity index (χ0v) is 23.4. The number of nitrogens with one attached hydrogen (secondary N) is 1. The SMILES string of the molecule is CC(F)(F)Oc1cccc(CC(=O)Nc2ccc(N3CCC(c4nnc(CC(=O)Cc5ccccc5F)s4)C3)nn2)c1. The standard InChI is InChI=1S/C29H27F3N6O3S/c1-29(31,32)41-22-7-4-5-18(13-22)14-26(40)33-24-9-10-25(35-34-24)38-12-11-20(17-38)28-37-36-27(42-28)16-21(39)15-19-6-2-3-8-23(19)30/h2-10,13,20H,11-12,14-17H2,1H3,(H,33,34,40). The topological polar surface area (TPSA) is 110 Å². The van der Waals surface area contributed by atoms with E-state index in [2.05, 4.69) is 35.3 Å². The molecule has 42 heavy (non-hydrogen) atoms. The van der Waals surface area contributed by atoms with E-state index in [1.807, 2.05) is 0 Å². The Morgan fingerprint density at radius 3 is 2.62 bits per heavy atom. The zero-order valence-electron chi connectivity index (χ0n) is 22.6. The summed E-state index contributed by atoms with van der Waals surface area (Å²) >= 11 is 1.39. The molecular weight excluding hydrogens is 569 g/mol. The molecular formula is C29H27F3N6O3S. The molecule has 9 nitrogen and oxygen atoms in total. The lowest BCUT2D eigenvalue weighted by molar-refractivity contribution is -0.159. The van der Waals surface area contributed by atoms with Gasteiger partial charge in [0.05, 0.1) is 12.8 Å². The van der Waals surface area contributed by atoms with Crippen LogP contribution in [0.3, 0.4) is 0 Å². The van der Waals surface area contributed by atoms with Crippen molar-refractivity contribution in [3.8, 4) is 5.75 Å². The van der Waals surface area contributed by atoms with Gasteiger partial charge >= 0.3 is 6.11 Å². The summed E-state index contributed by atoms with van der Waals surface area (Å²) in [7, 11) is 0. The molecule has 218 valence electrons. The first-order valence-electron chi connectivity index (χ1n) is 13.2. The first-order valence-corrected chi connectivity index (χ1v) is 14.0. The smallest absolute Gasteiger partial charge is 0.394 e. The van der Waals surface area contributed by atoms with Crippen LogP contribution in [-0.2, 0) is 28.9 Å². The Bertz CT molecular complexity index is 1560. The van der Waals surface area contributed by atoms with Crippen molar-refractivity contribution in [2.24, 2.45) is 0 Å². The molecule has 1 atom stereocenters. The first-order chi connectivity index (χ1) is 20.1. The van der Waals surface area contributed by atoms with Crippen molar-refractivity contribution in [1.29, 1.82) is 0 Å². The average Bonchev–Trinajstić information content (AvgIpc) is 3.60. The average molecular weight is 597 g/mol. The quantitative estimate of drug-likeness (QED) is 0.258. The van der Waals surface area contributed by atoms with E-state index in [0.717, 1.165) is 18.0 Å². The van der Waals surface area contributed by atoms with Gasteiger partial charge in [-0.25, -0.2) is 4.39 Å². The molecule has 1 fully saturated rings. The zero-order chi connectivity index (χ0) is 29.7.